The van der Waals surface area contributed by atoms with Gasteiger partial charge in [0.05, 0.1) is 12.3 Å². The zero-order valence-electron chi connectivity index (χ0n) is 10.7. The van der Waals surface area contributed by atoms with Gasteiger partial charge in [0.1, 0.15) is 5.75 Å². The van der Waals surface area contributed by atoms with Crippen molar-refractivity contribution in [1.29, 1.82) is 0 Å². The van der Waals surface area contributed by atoms with E-state index in [0.717, 1.165) is 30.4 Å². The van der Waals surface area contributed by atoms with E-state index in [2.05, 4.69) is 10.6 Å². The quantitative estimate of drug-likeness (QED) is 0.727. The fourth-order valence-corrected chi connectivity index (χ4v) is 1.73. The third-order valence-corrected chi connectivity index (χ3v) is 2.79. The third kappa shape index (κ3) is 4.37. The smallest absolute Gasteiger partial charge is 0.221 e. The minimum absolute atomic E-state index is 0.0820. The van der Waals surface area contributed by atoms with E-state index in [0.29, 0.717) is 6.61 Å². The Morgan fingerprint density at radius 3 is 2.89 bits per heavy atom. The first-order chi connectivity index (χ1) is 8.75. The van der Waals surface area contributed by atoms with Crippen molar-refractivity contribution in [2.45, 2.75) is 32.2 Å². The molecule has 1 aliphatic rings. The van der Waals surface area contributed by atoms with Gasteiger partial charge >= 0.3 is 0 Å². The molecule has 0 bridgehead atoms. The number of hydrogen-bond acceptors (Lipinski definition) is 3. The highest BCUT2D eigenvalue weighted by Gasteiger charge is 2.19. The van der Waals surface area contributed by atoms with Crippen molar-refractivity contribution in [1.82, 2.24) is 5.32 Å². The standard InChI is InChI=1S/C14H20N2O2/c1-11(17)16-13-5-2-3-6-14(13)18-10-4-9-15-12-7-8-12/h2-3,5-6,12,15H,4,7-10H2,1H3,(H,16,17). The van der Waals surface area contributed by atoms with Crippen LogP contribution in [0.1, 0.15) is 26.2 Å². The predicted octanol–water partition coefficient (Wildman–Crippen LogP) is 2.17. The molecule has 0 spiro atoms. The average Bonchev–Trinajstić information content (AvgIpc) is 3.14. The molecule has 98 valence electrons. The SMILES string of the molecule is CC(=O)Nc1ccccc1OCCCNC1CC1. The van der Waals surface area contributed by atoms with Gasteiger partial charge in [-0.15, -0.1) is 0 Å². The van der Waals surface area contributed by atoms with Crippen LogP contribution in [0.3, 0.4) is 0 Å². The molecule has 18 heavy (non-hydrogen) atoms. The van der Waals surface area contributed by atoms with E-state index in [9.17, 15) is 4.79 Å². The van der Waals surface area contributed by atoms with E-state index in [1.54, 1.807) is 0 Å². The maximum atomic E-state index is 11.0. The molecule has 1 amide bonds. The number of para-hydroxylation sites is 2. The van der Waals surface area contributed by atoms with Crippen molar-refractivity contribution in [3.05, 3.63) is 24.3 Å². The molecule has 0 radical (unpaired) electrons. The van der Waals surface area contributed by atoms with Crippen LogP contribution >= 0.6 is 0 Å². The van der Waals surface area contributed by atoms with E-state index in [1.807, 2.05) is 24.3 Å². The highest BCUT2D eigenvalue weighted by molar-refractivity contribution is 5.90. The lowest BCUT2D eigenvalue weighted by molar-refractivity contribution is -0.114. The van der Waals surface area contributed by atoms with Crippen molar-refractivity contribution < 1.29 is 9.53 Å². The normalized spacial score (nSPS) is 14.3. The van der Waals surface area contributed by atoms with Crippen LogP contribution in [0.15, 0.2) is 24.3 Å². The average molecular weight is 248 g/mol. The van der Waals surface area contributed by atoms with Crippen molar-refractivity contribution >= 4 is 11.6 Å². The van der Waals surface area contributed by atoms with Gasteiger partial charge in [0, 0.05) is 13.0 Å². The van der Waals surface area contributed by atoms with Crippen LogP contribution in [0.4, 0.5) is 5.69 Å². The molecule has 0 unspecified atom stereocenters. The molecule has 1 aromatic rings. The predicted molar refractivity (Wildman–Crippen MR) is 71.9 cm³/mol. The molecule has 0 atom stereocenters. The van der Waals surface area contributed by atoms with Crippen LogP contribution in [0.2, 0.25) is 0 Å². The Bertz CT molecular complexity index is 403. The van der Waals surface area contributed by atoms with Gasteiger partial charge in [0.15, 0.2) is 0 Å². The van der Waals surface area contributed by atoms with E-state index in [1.165, 1.54) is 19.8 Å². The number of amides is 1. The monoisotopic (exact) mass is 248 g/mol. The number of nitrogens with one attached hydrogen (secondary N) is 2. The van der Waals surface area contributed by atoms with Crippen molar-refractivity contribution in [2.75, 3.05) is 18.5 Å². The molecule has 0 saturated heterocycles. The zero-order chi connectivity index (χ0) is 12.8. The molecular weight excluding hydrogens is 228 g/mol. The summed E-state index contributed by atoms with van der Waals surface area (Å²) in [5, 5.41) is 6.20. The molecule has 1 aliphatic carbocycles. The summed E-state index contributed by atoms with van der Waals surface area (Å²) >= 11 is 0. The summed E-state index contributed by atoms with van der Waals surface area (Å²) in [5.74, 6) is 0.653. The van der Waals surface area contributed by atoms with Gasteiger partial charge in [-0.2, -0.15) is 0 Å². The third-order valence-electron chi connectivity index (χ3n) is 2.79. The molecular formula is C14H20N2O2. The summed E-state index contributed by atoms with van der Waals surface area (Å²) in [6.45, 7) is 3.15. The molecule has 0 heterocycles. The Labute approximate surface area is 108 Å². The molecule has 2 N–H and O–H groups in total. The molecule has 0 aliphatic heterocycles. The van der Waals surface area contributed by atoms with Crippen LogP contribution < -0.4 is 15.4 Å². The van der Waals surface area contributed by atoms with Crippen LogP contribution in [0.25, 0.3) is 0 Å². The second kappa shape index (κ2) is 6.40. The second-order valence-electron chi connectivity index (χ2n) is 4.61. The second-order valence-corrected chi connectivity index (χ2v) is 4.61. The number of anilines is 1. The molecule has 1 fully saturated rings. The Balaban J connectivity index is 1.74. The number of benzene rings is 1. The molecule has 1 saturated carbocycles. The van der Waals surface area contributed by atoms with Crippen molar-refractivity contribution in [3.8, 4) is 5.75 Å². The molecule has 4 heteroatoms. The van der Waals surface area contributed by atoms with E-state index < -0.39 is 0 Å². The minimum Gasteiger partial charge on any atom is -0.491 e. The highest BCUT2D eigenvalue weighted by Crippen LogP contribution is 2.23. The molecule has 4 nitrogen and oxygen atoms in total. The summed E-state index contributed by atoms with van der Waals surface area (Å²) in [6.07, 6.45) is 3.60. The van der Waals surface area contributed by atoms with Gasteiger partial charge in [0.2, 0.25) is 5.91 Å². The van der Waals surface area contributed by atoms with Gasteiger partial charge in [-0.25, -0.2) is 0 Å². The Hall–Kier alpha value is -1.55. The van der Waals surface area contributed by atoms with Crippen molar-refractivity contribution in [3.63, 3.8) is 0 Å². The van der Waals surface area contributed by atoms with E-state index in [-0.39, 0.29) is 5.91 Å². The summed E-state index contributed by atoms with van der Waals surface area (Å²) < 4.78 is 5.69. The van der Waals surface area contributed by atoms with Gasteiger partial charge in [-0.05, 0) is 37.9 Å². The molecule has 2 rings (SSSR count). The Morgan fingerprint density at radius 2 is 2.17 bits per heavy atom. The molecule has 0 aromatic heterocycles. The van der Waals surface area contributed by atoms with Crippen molar-refractivity contribution in [2.24, 2.45) is 0 Å². The number of carbonyl (C=O) groups is 1. The van der Waals surface area contributed by atoms with Crippen LogP contribution in [-0.2, 0) is 4.79 Å². The molecule has 1 aromatic carbocycles. The van der Waals surface area contributed by atoms with Gasteiger partial charge < -0.3 is 15.4 Å². The number of carbonyl (C=O) groups excluding carboxylic acids is 1. The van der Waals surface area contributed by atoms with Gasteiger partial charge in [-0.1, -0.05) is 12.1 Å². The zero-order valence-corrected chi connectivity index (χ0v) is 10.7. The lowest BCUT2D eigenvalue weighted by Crippen LogP contribution is -2.19. The Morgan fingerprint density at radius 1 is 1.39 bits per heavy atom. The maximum Gasteiger partial charge on any atom is 0.221 e. The summed E-state index contributed by atoms with van der Waals surface area (Å²) in [5.41, 5.74) is 0.736. The number of hydrogen-bond donors (Lipinski definition) is 2. The first-order valence-corrected chi connectivity index (χ1v) is 6.48. The van der Waals surface area contributed by atoms with Gasteiger partial charge in [0.25, 0.3) is 0 Å². The minimum atomic E-state index is -0.0820. The topological polar surface area (TPSA) is 50.4 Å². The highest BCUT2D eigenvalue weighted by atomic mass is 16.5. The first kappa shape index (κ1) is 12.9. The lowest BCUT2D eigenvalue weighted by Gasteiger charge is -2.11. The summed E-state index contributed by atoms with van der Waals surface area (Å²) in [7, 11) is 0. The first-order valence-electron chi connectivity index (χ1n) is 6.48. The van der Waals surface area contributed by atoms with E-state index >= 15 is 0 Å². The summed E-state index contributed by atoms with van der Waals surface area (Å²) in [4.78, 5) is 11.0. The van der Waals surface area contributed by atoms with Crippen LogP contribution in [0, 0.1) is 0 Å². The van der Waals surface area contributed by atoms with E-state index in [4.69, 9.17) is 4.74 Å². The summed E-state index contributed by atoms with van der Waals surface area (Å²) in [6, 6.07) is 8.26. The maximum absolute atomic E-state index is 11.0. The van der Waals surface area contributed by atoms with Gasteiger partial charge in [-0.3, -0.25) is 4.79 Å². The fraction of sp³-hybridized carbons (Fsp3) is 0.500. The number of ether oxygens (including phenoxy) is 1. The fourth-order valence-electron chi connectivity index (χ4n) is 1.73. The van der Waals surface area contributed by atoms with Crippen LogP contribution in [-0.4, -0.2) is 25.1 Å². The lowest BCUT2D eigenvalue weighted by atomic mass is 10.3. The number of rotatable bonds is 7. The largest absolute Gasteiger partial charge is 0.491 e. The van der Waals surface area contributed by atoms with Crippen LogP contribution in [0.5, 0.6) is 5.75 Å². The Kier molecular flexibility index (Phi) is 4.59.